The Morgan fingerprint density at radius 2 is 2.23 bits per heavy atom. The number of carbonyl (C=O) groups excluding carboxylic acids is 1. The fourth-order valence-electron chi connectivity index (χ4n) is 3.91. The number of carbonyl (C=O) groups is 1. The Hall–Kier alpha value is -1.25. The zero-order valence-electron chi connectivity index (χ0n) is 14.6. The second-order valence-electron chi connectivity index (χ2n) is 7.73. The van der Waals surface area contributed by atoms with Crippen LogP contribution in [0.25, 0.3) is 0 Å². The normalized spacial score (nSPS) is 31.7. The second kappa shape index (κ2) is 6.89. The predicted molar refractivity (Wildman–Crippen MR) is 88.0 cm³/mol. The minimum absolute atomic E-state index is 0.283. The molecule has 22 heavy (non-hydrogen) atoms. The molecular formula is C19H30O3. The van der Waals surface area contributed by atoms with Gasteiger partial charge in [-0.3, -0.25) is 0 Å². The molecule has 3 heteroatoms. The second-order valence-corrected chi connectivity index (χ2v) is 7.73. The van der Waals surface area contributed by atoms with Gasteiger partial charge in [0.25, 0.3) is 6.29 Å². The minimum atomic E-state index is -0.549. The molecule has 1 saturated carbocycles. The van der Waals surface area contributed by atoms with Crippen molar-refractivity contribution in [2.45, 2.75) is 73.0 Å². The molecule has 3 atom stereocenters. The summed E-state index contributed by atoms with van der Waals surface area (Å²) >= 11 is 0. The van der Waals surface area contributed by atoms with Gasteiger partial charge in [-0.2, -0.15) is 0 Å². The summed E-state index contributed by atoms with van der Waals surface area (Å²) in [5.74, 6) is 1.30. The van der Waals surface area contributed by atoms with E-state index in [0.29, 0.717) is 11.0 Å². The van der Waals surface area contributed by atoms with Crippen LogP contribution >= 0.6 is 0 Å². The smallest absolute Gasteiger partial charge is 0.336 e. The van der Waals surface area contributed by atoms with Crippen LogP contribution in [-0.4, -0.2) is 12.3 Å². The van der Waals surface area contributed by atoms with Crippen molar-refractivity contribution in [1.29, 1.82) is 0 Å². The molecule has 3 unspecified atom stereocenters. The van der Waals surface area contributed by atoms with Crippen molar-refractivity contribution in [3.8, 4) is 0 Å². The van der Waals surface area contributed by atoms with Crippen molar-refractivity contribution in [3.63, 3.8) is 0 Å². The van der Waals surface area contributed by atoms with Gasteiger partial charge in [0.15, 0.2) is 0 Å². The van der Waals surface area contributed by atoms with Gasteiger partial charge in [-0.25, -0.2) is 4.79 Å². The van der Waals surface area contributed by atoms with E-state index in [9.17, 15) is 4.79 Å². The maximum Gasteiger partial charge on any atom is 0.336 e. The van der Waals surface area contributed by atoms with Gasteiger partial charge in [-0.1, -0.05) is 33.6 Å². The first kappa shape index (κ1) is 17.1. The summed E-state index contributed by atoms with van der Waals surface area (Å²) in [6, 6.07) is 0. The third-order valence-electron chi connectivity index (χ3n) is 5.36. The zero-order valence-corrected chi connectivity index (χ0v) is 14.6. The monoisotopic (exact) mass is 306 g/mol. The molecule has 3 nitrogen and oxygen atoms in total. The van der Waals surface area contributed by atoms with E-state index in [2.05, 4.69) is 27.7 Å². The molecule has 2 rings (SSSR count). The van der Waals surface area contributed by atoms with Gasteiger partial charge in [0.05, 0.1) is 6.26 Å². The van der Waals surface area contributed by atoms with E-state index in [1.807, 2.05) is 0 Å². The highest BCUT2D eigenvalue weighted by atomic mass is 16.7. The molecule has 0 amide bonds. The molecule has 0 aromatic carbocycles. The molecule has 1 heterocycles. The van der Waals surface area contributed by atoms with Gasteiger partial charge in [-0.15, -0.1) is 0 Å². The van der Waals surface area contributed by atoms with E-state index in [4.69, 9.17) is 9.47 Å². The maximum absolute atomic E-state index is 11.3. The number of rotatable bonds is 5. The van der Waals surface area contributed by atoms with Crippen molar-refractivity contribution in [2.24, 2.45) is 17.3 Å². The largest absolute Gasteiger partial charge is 0.459 e. The highest BCUT2D eigenvalue weighted by molar-refractivity contribution is 5.89. The van der Waals surface area contributed by atoms with Gasteiger partial charge in [-0.05, 0) is 55.9 Å². The Bertz CT molecular complexity index is 473. The van der Waals surface area contributed by atoms with Gasteiger partial charge in [0, 0.05) is 11.6 Å². The predicted octanol–water partition coefficient (Wildman–Crippen LogP) is 4.98. The molecule has 1 fully saturated rings. The van der Waals surface area contributed by atoms with E-state index in [1.54, 1.807) is 19.3 Å². The summed E-state index contributed by atoms with van der Waals surface area (Å²) in [5, 5.41) is 0. The first-order valence-corrected chi connectivity index (χ1v) is 8.50. The molecule has 2 aliphatic rings. The lowest BCUT2D eigenvalue weighted by atomic mass is 9.62. The Labute approximate surface area is 134 Å². The van der Waals surface area contributed by atoms with Crippen LogP contribution in [0.2, 0.25) is 0 Å². The van der Waals surface area contributed by atoms with Crippen LogP contribution in [0.1, 0.15) is 66.7 Å². The van der Waals surface area contributed by atoms with Crippen molar-refractivity contribution in [3.05, 3.63) is 23.5 Å². The average molecular weight is 306 g/mol. The highest BCUT2D eigenvalue weighted by Crippen LogP contribution is 2.46. The lowest BCUT2D eigenvalue weighted by Gasteiger charge is -2.43. The standard InChI is InChI=1S/C19H30O3/c1-13(12-21-17-11-15(3)18(20)22-17)8-9-16-14(2)7-6-10-19(16,4)5/h11-12,14,16-17H,6-10H2,1-5H3/b13-12-. The molecular weight excluding hydrogens is 276 g/mol. The Morgan fingerprint density at radius 3 is 2.82 bits per heavy atom. The number of hydrogen-bond acceptors (Lipinski definition) is 3. The number of hydrogen-bond donors (Lipinski definition) is 0. The summed E-state index contributed by atoms with van der Waals surface area (Å²) in [7, 11) is 0. The number of allylic oxidation sites excluding steroid dienone is 1. The zero-order chi connectivity index (χ0) is 16.3. The molecule has 0 spiro atoms. The highest BCUT2D eigenvalue weighted by Gasteiger charge is 2.36. The Kier molecular flexibility index (Phi) is 5.36. The van der Waals surface area contributed by atoms with Crippen LogP contribution in [0.3, 0.4) is 0 Å². The summed E-state index contributed by atoms with van der Waals surface area (Å²) in [6.07, 6.45) is 9.24. The fraction of sp³-hybridized carbons (Fsp3) is 0.737. The van der Waals surface area contributed by atoms with E-state index >= 15 is 0 Å². The molecule has 0 saturated heterocycles. The number of esters is 1. The third kappa shape index (κ3) is 4.15. The van der Waals surface area contributed by atoms with Crippen molar-refractivity contribution in [2.75, 3.05) is 0 Å². The van der Waals surface area contributed by atoms with Crippen molar-refractivity contribution in [1.82, 2.24) is 0 Å². The number of ether oxygens (including phenoxy) is 2. The van der Waals surface area contributed by atoms with Gasteiger partial charge >= 0.3 is 5.97 Å². The van der Waals surface area contributed by atoms with Crippen LogP contribution in [-0.2, 0) is 14.3 Å². The molecule has 0 N–H and O–H groups in total. The summed E-state index contributed by atoms with van der Waals surface area (Å²) in [6.45, 7) is 11.1. The molecule has 124 valence electrons. The average Bonchev–Trinajstić information content (AvgIpc) is 2.74. The first-order valence-electron chi connectivity index (χ1n) is 8.50. The molecule has 0 aromatic rings. The fourth-order valence-corrected chi connectivity index (χ4v) is 3.91. The SMILES string of the molecule is CC1=CC(O/C=C(/C)CCC2C(C)CCCC2(C)C)OC1=O. The van der Waals surface area contributed by atoms with Gasteiger partial charge in [0.2, 0.25) is 0 Å². The van der Waals surface area contributed by atoms with Crippen molar-refractivity contribution < 1.29 is 14.3 Å². The van der Waals surface area contributed by atoms with E-state index in [-0.39, 0.29) is 5.97 Å². The molecule has 0 radical (unpaired) electrons. The van der Waals surface area contributed by atoms with Crippen LogP contribution in [0.4, 0.5) is 0 Å². The number of cyclic esters (lactones) is 1. The van der Waals surface area contributed by atoms with Crippen LogP contribution < -0.4 is 0 Å². The van der Waals surface area contributed by atoms with Gasteiger partial charge in [0.1, 0.15) is 0 Å². The quantitative estimate of drug-likeness (QED) is 0.531. The maximum atomic E-state index is 11.3. The molecule has 0 bridgehead atoms. The van der Waals surface area contributed by atoms with Crippen LogP contribution in [0, 0.1) is 17.3 Å². The summed E-state index contributed by atoms with van der Waals surface area (Å²) < 4.78 is 10.6. The van der Waals surface area contributed by atoms with Crippen molar-refractivity contribution >= 4 is 5.97 Å². The lowest BCUT2D eigenvalue weighted by Crippen LogP contribution is -2.33. The first-order chi connectivity index (χ1) is 10.3. The molecule has 1 aliphatic heterocycles. The Morgan fingerprint density at radius 1 is 1.50 bits per heavy atom. The minimum Gasteiger partial charge on any atom is -0.459 e. The summed E-state index contributed by atoms with van der Waals surface area (Å²) in [5.41, 5.74) is 2.27. The van der Waals surface area contributed by atoms with E-state index in [1.165, 1.54) is 31.3 Å². The van der Waals surface area contributed by atoms with Gasteiger partial charge < -0.3 is 9.47 Å². The molecule has 0 aromatic heterocycles. The van der Waals surface area contributed by atoms with E-state index < -0.39 is 6.29 Å². The van der Waals surface area contributed by atoms with E-state index in [0.717, 1.165) is 18.3 Å². The molecule has 1 aliphatic carbocycles. The topological polar surface area (TPSA) is 35.5 Å². The Balaban J connectivity index is 1.83. The third-order valence-corrected chi connectivity index (χ3v) is 5.36. The summed E-state index contributed by atoms with van der Waals surface area (Å²) in [4.78, 5) is 11.3. The lowest BCUT2D eigenvalue weighted by molar-refractivity contribution is -0.152. The van der Waals surface area contributed by atoms with Crippen LogP contribution in [0.15, 0.2) is 23.5 Å². The van der Waals surface area contributed by atoms with Crippen LogP contribution in [0.5, 0.6) is 0 Å².